The summed E-state index contributed by atoms with van der Waals surface area (Å²) in [6.07, 6.45) is 0. The molecular weight excluding hydrogens is 189 g/mol. The third-order valence-corrected chi connectivity index (χ3v) is 2.29. The van der Waals surface area contributed by atoms with Gasteiger partial charge in [-0.2, -0.15) is 0 Å². The van der Waals surface area contributed by atoms with Gasteiger partial charge in [0.1, 0.15) is 0 Å². The third-order valence-electron chi connectivity index (χ3n) is 2.04. The van der Waals surface area contributed by atoms with Crippen molar-refractivity contribution in [3.05, 3.63) is 40.8 Å². The van der Waals surface area contributed by atoms with E-state index in [9.17, 15) is 4.39 Å². The molecule has 0 fully saturated rings. The lowest BCUT2D eigenvalue weighted by atomic mass is 10.1. The van der Waals surface area contributed by atoms with Crippen LogP contribution in [0.2, 0.25) is 5.15 Å². The van der Waals surface area contributed by atoms with Crippen molar-refractivity contribution in [3.63, 3.8) is 0 Å². The van der Waals surface area contributed by atoms with Gasteiger partial charge in [0.15, 0.2) is 11.0 Å². The molecule has 0 atom stereocenters. The molecule has 66 valence electrons. The Kier molecular flexibility index (Phi) is 1.93. The first-order valence-electron chi connectivity index (χ1n) is 3.90. The Balaban J connectivity index is 2.94. The van der Waals surface area contributed by atoms with E-state index in [0.29, 0.717) is 5.56 Å². The van der Waals surface area contributed by atoms with Gasteiger partial charge in [-0.1, -0.05) is 29.8 Å². The average Bonchev–Trinajstić information content (AvgIpc) is 2.15. The number of pyridine rings is 1. The summed E-state index contributed by atoms with van der Waals surface area (Å²) >= 11 is 5.61. The molecule has 0 bridgehead atoms. The van der Waals surface area contributed by atoms with E-state index in [4.69, 9.17) is 11.6 Å². The predicted octanol–water partition coefficient (Wildman–Crippen LogP) is 3.34. The largest absolute Gasteiger partial charge is 0.233 e. The molecule has 1 nitrogen and oxygen atoms in total. The second kappa shape index (κ2) is 2.96. The standard InChI is InChI=1S/C10H7ClFN/c1-6-7-4-2-3-5-8(7)13-10(11)9(6)12/h2-5H,1H3. The smallest absolute Gasteiger partial charge is 0.165 e. The molecule has 3 heteroatoms. The summed E-state index contributed by atoms with van der Waals surface area (Å²) in [7, 11) is 0. The number of benzene rings is 1. The van der Waals surface area contributed by atoms with Crippen LogP contribution in [-0.2, 0) is 0 Å². The van der Waals surface area contributed by atoms with E-state index in [1.54, 1.807) is 6.92 Å². The molecule has 1 heterocycles. The zero-order valence-electron chi connectivity index (χ0n) is 7.01. The molecule has 0 aliphatic rings. The van der Waals surface area contributed by atoms with Crippen LogP contribution in [0.4, 0.5) is 4.39 Å². The summed E-state index contributed by atoms with van der Waals surface area (Å²) in [5.74, 6) is -0.430. The second-order valence-corrected chi connectivity index (χ2v) is 3.22. The fourth-order valence-electron chi connectivity index (χ4n) is 1.32. The summed E-state index contributed by atoms with van der Waals surface area (Å²) in [6.45, 7) is 1.70. The van der Waals surface area contributed by atoms with Crippen LogP contribution in [0.3, 0.4) is 0 Å². The van der Waals surface area contributed by atoms with E-state index < -0.39 is 5.82 Å². The third kappa shape index (κ3) is 1.27. The fraction of sp³-hybridized carbons (Fsp3) is 0.100. The molecule has 0 radical (unpaired) electrons. The van der Waals surface area contributed by atoms with Crippen molar-refractivity contribution in [3.8, 4) is 0 Å². The topological polar surface area (TPSA) is 12.9 Å². The number of halogens is 2. The number of rotatable bonds is 0. The highest BCUT2D eigenvalue weighted by Gasteiger charge is 2.08. The van der Waals surface area contributed by atoms with Crippen LogP contribution in [-0.4, -0.2) is 4.98 Å². The Bertz CT molecular complexity index is 468. The summed E-state index contributed by atoms with van der Waals surface area (Å²) in [5.41, 5.74) is 1.28. The summed E-state index contributed by atoms with van der Waals surface area (Å²) in [5, 5.41) is 0.751. The van der Waals surface area contributed by atoms with Gasteiger partial charge in [0, 0.05) is 5.39 Å². The highest BCUT2D eigenvalue weighted by molar-refractivity contribution is 6.30. The Morgan fingerprint density at radius 2 is 2.00 bits per heavy atom. The van der Waals surface area contributed by atoms with Gasteiger partial charge in [0.05, 0.1) is 5.52 Å². The van der Waals surface area contributed by atoms with Gasteiger partial charge in [0.25, 0.3) is 0 Å². The normalized spacial score (nSPS) is 10.7. The minimum atomic E-state index is -0.430. The maximum absolute atomic E-state index is 13.3. The molecule has 0 saturated carbocycles. The summed E-state index contributed by atoms with van der Waals surface area (Å²) < 4.78 is 13.3. The zero-order chi connectivity index (χ0) is 9.42. The minimum Gasteiger partial charge on any atom is -0.233 e. The molecule has 0 spiro atoms. The molecule has 0 amide bonds. The number of para-hydroxylation sites is 1. The second-order valence-electron chi connectivity index (χ2n) is 2.86. The van der Waals surface area contributed by atoms with E-state index in [-0.39, 0.29) is 5.15 Å². The van der Waals surface area contributed by atoms with Crippen LogP contribution in [0, 0.1) is 12.7 Å². The maximum Gasteiger partial charge on any atom is 0.165 e. The van der Waals surface area contributed by atoms with Crippen molar-refractivity contribution in [1.29, 1.82) is 0 Å². The van der Waals surface area contributed by atoms with E-state index >= 15 is 0 Å². The monoisotopic (exact) mass is 195 g/mol. The molecule has 0 unspecified atom stereocenters. The maximum atomic E-state index is 13.3. The molecule has 2 aromatic rings. The molecule has 1 aromatic heterocycles. The van der Waals surface area contributed by atoms with Gasteiger partial charge < -0.3 is 0 Å². The first kappa shape index (κ1) is 8.45. The van der Waals surface area contributed by atoms with Crippen LogP contribution in [0.5, 0.6) is 0 Å². The van der Waals surface area contributed by atoms with Gasteiger partial charge in [-0.05, 0) is 18.6 Å². The lowest BCUT2D eigenvalue weighted by molar-refractivity contribution is 0.616. The minimum absolute atomic E-state index is 0.0591. The molecular formula is C10H7ClFN. The Hall–Kier alpha value is -1.15. The van der Waals surface area contributed by atoms with Crippen LogP contribution >= 0.6 is 11.6 Å². The first-order chi connectivity index (χ1) is 6.20. The highest BCUT2D eigenvalue weighted by Crippen LogP contribution is 2.23. The average molecular weight is 196 g/mol. The summed E-state index contributed by atoms with van der Waals surface area (Å²) in [6, 6.07) is 7.35. The van der Waals surface area contributed by atoms with Gasteiger partial charge >= 0.3 is 0 Å². The number of hydrogen-bond acceptors (Lipinski definition) is 1. The number of aryl methyl sites for hydroxylation is 1. The van der Waals surface area contributed by atoms with Crippen molar-refractivity contribution in [2.75, 3.05) is 0 Å². The molecule has 13 heavy (non-hydrogen) atoms. The molecule has 0 saturated heterocycles. The van der Waals surface area contributed by atoms with E-state index in [1.165, 1.54) is 0 Å². The van der Waals surface area contributed by atoms with E-state index in [0.717, 1.165) is 10.9 Å². The Morgan fingerprint density at radius 3 is 2.77 bits per heavy atom. The Labute approximate surface area is 80.2 Å². The molecule has 0 N–H and O–H groups in total. The van der Waals surface area contributed by atoms with Gasteiger partial charge in [-0.15, -0.1) is 0 Å². The van der Waals surface area contributed by atoms with Crippen molar-refractivity contribution in [2.45, 2.75) is 6.92 Å². The van der Waals surface area contributed by atoms with Crippen molar-refractivity contribution in [1.82, 2.24) is 4.98 Å². The van der Waals surface area contributed by atoms with Crippen molar-refractivity contribution < 1.29 is 4.39 Å². The highest BCUT2D eigenvalue weighted by atomic mass is 35.5. The van der Waals surface area contributed by atoms with Crippen LogP contribution in [0.15, 0.2) is 24.3 Å². The zero-order valence-corrected chi connectivity index (χ0v) is 7.77. The van der Waals surface area contributed by atoms with Gasteiger partial charge in [-0.3, -0.25) is 0 Å². The lowest BCUT2D eigenvalue weighted by Crippen LogP contribution is -1.90. The van der Waals surface area contributed by atoms with Crippen LogP contribution in [0.25, 0.3) is 10.9 Å². The van der Waals surface area contributed by atoms with Crippen LogP contribution < -0.4 is 0 Å². The SMILES string of the molecule is Cc1c(F)c(Cl)nc2ccccc12. The predicted molar refractivity (Wildman–Crippen MR) is 51.4 cm³/mol. The molecule has 2 rings (SSSR count). The fourth-order valence-corrected chi connectivity index (χ4v) is 1.55. The van der Waals surface area contributed by atoms with Crippen molar-refractivity contribution in [2.24, 2.45) is 0 Å². The molecule has 0 aliphatic carbocycles. The van der Waals surface area contributed by atoms with Crippen molar-refractivity contribution >= 4 is 22.5 Å². The van der Waals surface area contributed by atoms with Crippen LogP contribution in [0.1, 0.15) is 5.56 Å². The molecule has 0 aliphatic heterocycles. The lowest BCUT2D eigenvalue weighted by Gasteiger charge is -2.03. The number of aromatic nitrogens is 1. The van der Waals surface area contributed by atoms with Gasteiger partial charge in [0.2, 0.25) is 0 Å². The quantitative estimate of drug-likeness (QED) is 0.588. The van der Waals surface area contributed by atoms with E-state index in [1.807, 2.05) is 24.3 Å². The number of hydrogen-bond donors (Lipinski definition) is 0. The molecule has 1 aromatic carbocycles. The Morgan fingerprint density at radius 1 is 1.31 bits per heavy atom. The first-order valence-corrected chi connectivity index (χ1v) is 4.28. The van der Waals surface area contributed by atoms with Gasteiger partial charge in [-0.25, -0.2) is 9.37 Å². The number of fused-ring (bicyclic) bond motifs is 1. The van der Waals surface area contributed by atoms with E-state index in [2.05, 4.69) is 4.98 Å². The number of nitrogens with zero attached hydrogens (tertiary/aromatic N) is 1. The summed E-state index contributed by atoms with van der Waals surface area (Å²) in [4.78, 5) is 3.93.